The van der Waals surface area contributed by atoms with Crippen molar-refractivity contribution in [2.75, 3.05) is 19.1 Å². The fourth-order valence-electron chi connectivity index (χ4n) is 0.201. The molecule has 8 heavy (non-hydrogen) atoms. The Balaban J connectivity index is 3.21. The number of alkyl halides is 2. The third kappa shape index (κ3) is 4.22. The summed E-state index contributed by atoms with van der Waals surface area (Å²) in [5.41, 5.74) is 0. The first-order valence-electron chi connectivity index (χ1n) is 2.13. The van der Waals surface area contributed by atoms with Crippen molar-refractivity contribution in [3.05, 3.63) is 0 Å². The monoisotopic (exact) mass is 154 g/mol. The Morgan fingerprint density at radius 3 is 2.62 bits per heavy atom. The zero-order valence-electron chi connectivity index (χ0n) is 4.64. The fourth-order valence-corrected chi connectivity index (χ4v) is 0.325. The average Bonchev–Trinajstić information content (AvgIpc) is 1.83. The number of nitrogens with zero attached hydrogens (tertiary/aromatic N) is 2. The fraction of sp³-hybridized carbons (Fsp3) is 0.750. The van der Waals surface area contributed by atoms with Crippen molar-refractivity contribution in [2.24, 2.45) is 4.99 Å². The predicted octanol–water partition coefficient (Wildman–Crippen LogP) is 1.34. The Morgan fingerprint density at radius 2 is 2.25 bits per heavy atom. The van der Waals surface area contributed by atoms with Crippen LogP contribution in [0.2, 0.25) is 0 Å². The minimum Gasteiger partial charge on any atom is -0.352 e. The van der Waals surface area contributed by atoms with Crippen LogP contribution >= 0.6 is 23.2 Å². The predicted molar refractivity (Wildman–Crippen MR) is 37.7 cm³/mol. The van der Waals surface area contributed by atoms with E-state index in [1.165, 1.54) is 0 Å². The molecule has 0 aliphatic heterocycles. The zero-order chi connectivity index (χ0) is 6.41. The van der Waals surface area contributed by atoms with Gasteiger partial charge in [0, 0.05) is 7.05 Å². The maximum atomic E-state index is 5.38. The van der Waals surface area contributed by atoms with Gasteiger partial charge < -0.3 is 4.90 Å². The quantitative estimate of drug-likeness (QED) is 0.260. The Bertz CT molecular complexity index is 74.4. The first kappa shape index (κ1) is 8.05. The molecule has 4 heteroatoms. The van der Waals surface area contributed by atoms with Gasteiger partial charge in [0.2, 0.25) is 0 Å². The van der Waals surface area contributed by atoms with Crippen molar-refractivity contribution < 1.29 is 0 Å². The van der Waals surface area contributed by atoms with Gasteiger partial charge in [0.15, 0.2) is 0 Å². The van der Waals surface area contributed by atoms with Crippen LogP contribution in [0, 0.1) is 0 Å². The lowest BCUT2D eigenvalue weighted by atomic mass is 10.9. The van der Waals surface area contributed by atoms with E-state index in [9.17, 15) is 0 Å². The molecular formula is C4H8Cl2N2. The third-order valence-corrected chi connectivity index (χ3v) is 1.05. The summed E-state index contributed by atoms with van der Waals surface area (Å²) < 4.78 is 0. The molecule has 0 aliphatic carbocycles. The summed E-state index contributed by atoms with van der Waals surface area (Å²) in [7, 11) is 1.82. The smallest absolute Gasteiger partial charge is 0.115 e. The van der Waals surface area contributed by atoms with Crippen LogP contribution in [0.1, 0.15) is 0 Å². The molecule has 0 bridgehead atoms. The van der Waals surface area contributed by atoms with Crippen LogP contribution in [0.25, 0.3) is 0 Å². The molecule has 0 saturated carbocycles. The van der Waals surface area contributed by atoms with Gasteiger partial charge in [0.1, 0.15) is 6.00 Å². The van der Waals surface area contributed by atoms with Gasteiger partial charge in [-0.15, -0.1) is 23.2 Å². The number of hydrogen-bond acceptors (Lipinski definition) is 1. The Morgan fingerprint density at radius 1 is 1.62 bits per heavy atom. The van der Waals surface area contributed by atoms with Crippen LogP contribution in [0.3, 0.4) is 0 Å². The second kappa shape index (κ2) is 5.19. The second-order valence-corrected chi connectivity index (χ2v) is 1.77. The summed E-state index contributed by atoms with van der Waals surface area (Å²) in [6, 6.07) is 0.738. The van der Waals surface area contributed by atoms with Gasteiger partial charge in [-0.25, -0.2) is 0 Å². The molecule has 0 heterocycles. The molecule has 2 nitrogen and oxygen atoms in total. The Kier molecular flexibility index (Phi) is 5.22. The lowest BCUT2D eigenvalue weighted by Crippen LogP contribution is -2.12. The standard InChI is InChI=1S/C4H8Cl2N2/c1-8(3-6)4-7-2-5/h4H,2-3H2,1H3. The normalized spacial score (nSPS) is 10.4. The molecule has 0 aromatic rings. The first-order chi connectivity index (χ1) is 3.81. The third-order valence-electron chi connectivity index (χ3n) is 0.536. The van der Waals surface area contributed by atoms with Crippen molar-refractivity contribution in [3.63, 3.8) is 0 Å². The summed E-state index contributed by atoms with van der Waals surface area (Å²) in [5.74, 6) is 0. The van der Waals surface area contributed by atoms with Gasteiger partial charge in [0.05, 0.1) is 12.3 Å². The molecule has 0 atom stereocenters. The molecule has 0 saturated heterocycles. The lowest BCUT2D eigenvalue weighted by molar-refractivity contribution is 0.611. The number of halogens is 2. The van der Waals surface area contributed by atoms with Crippen LogP contribution < -0.4 is 0 Å². The molecule has 0 fully saturated rings. The van der Waals surface area contributed by atoms with E-state index in [2.05, 4.69) is 4.99 Å². The van der Waals surface area contributed by atoms with Crippen LogP contribution in [-0.4, -0.2) is 30.3 Å². The minimum absolute atomic E-state index is 0.293. The minimum atomic E-state index is 0.293. The van der Waals surface area contributed by atoms with Gasteiger partial charge in [-0.2, -0.15) is 0 Å². The van der Waals surface area contributed by atoms with Crippen molar-refractivity contribution in [1.82, 2.24) is 4.90 Å². The van der Waals surface area contributed by atoms with Gasteiger partial charge in [-0.1, -0.05) is 0 Å². The number of rotatable bonds is 3. The van der Waals surface area contributed by atoms with Crippen molar-refractivity contribution in [2.45, 2.75) is 0 Å². The summed E-state index contributed by atoms with van der Waals surface area (Å²) >= 11 is 10.6. The van der Waals surface area contributed by atoms with E-state index >= 15 is 0 Å². The van der Waals surface area contributed by atoms with E-state index in [-0.39, 0.29) is 0 Å². The topological polar surface area (TPSA) is 15.6 Å². The molecule has 0 unspecified atom stereocenters. The summed E-state index contributed by atoms with van der Waals surface area (Å²) in [6.07, 6.45) is 1.60. The van der Waals surface area contributed by atoms with E-state index in [0.717, 1.165) is 0 Å². The highest BCUT2D eigenvalue weighted by molar-refractivity contribution is 6.18. The second-order valence-electron chi connectivity index (χ2n) is 1.29. The highest BCUT2D eigenvalue weighted by Gasteiger charge is 1.81. The first-order valence-corrected chi connectivity index (χ1v) is 3.20. The largest absolute Gasteiger partial charge is 0.352 e. The van der Waals surface area contributed by atoms with E-state index in [1.54, 1.807) is 11.2 Å². The van der Waals surface area contributed by atoms with Gasteiger partial charge >= 0.3 is 0 Å². The number of hydrogen-bond donors (Lipinski definition) is 0. The molecule has 0 amide bonds. The maximum Gasteiger partial charge on any atom is 0.115 e. The molecule has 0 rings (SSSR count). The molecule has 0 radical (unpaired) electrons. The highest BCUT2D eigenvalue weighted by Crippen LogP contribution is 1.81. The highest BCUT2D eigenvalue weighted by atomic mass is 35.5. The molecule has 0 aromatic carbocycles. The van der Waals surface area contributed by atoms with Crippen molar-refractivity contribution >= 4 is 29.5 Å². The molecule has 48 valence electrons. The van der Waals surface area contributed by atoms with E-state index < -0.39 is 0 Å². The van der Waals surface area contributed by atoms with E-state index in [1.807, 2.05) is 7.05 Å². The molecule has 0 spiro atoms. The van der Waals surface area contributed by atoms with E-state index in [4.69, 9.17) is 23.2 Å². The Labute approximate surface area is 59.1 Å². The van der Waals surface area contributed by atoms with Crippen LogP contribution in [0.15, 0.2) is 4.99 Å². The van der Waals surface area contributed by atoms with Gasteiger partial charge in [0.25, 0.3) is 0 Å². The summed E-state index contributed by atoms with van der Waals surface area (Å²) in [5, 5.41) is 0. The van der Waals surface area contributed by atoms with Crippen molar-refractivity contribution in [1.29, 1.82) is 0 Å². The SMILES string of the molecule is CN(C=NCCl)CCl. The molecule has 0 aromatic heterocycles. The molecular weight excluding hydrogens is 147 g/mol. The van der Waals surface area contributed by atoms with E-state index in [0.29, 0.717) is 12.0 Å². The van der Waals surface area contributed by atoms with Crippen molar-refractivity contribution in [3.8, 4) is 0 Å². The zero-order valence-corrected chi connectivity index (χ0v) is 6.15. The lowest BCUT2D eigenvalue weighted by Gasteiger charge is -2.04. The summed E-state index contributed by atoms with van der Waals surface area (Å²) in [4.78, 5) is 5.45. The van der Waals surface area contributed by atoms with Crippen LogP contribution in [0.5, 0.6) is 0 Å². The van der Waals surface area contributed by atoms with Gasteiger partial charge in [-0.05, 0) is 0 Å². The van der Waals surface area contributed by atoms with Crippen LogP contribution in [-0.2, 0) is 0 Å². The maximum absolute atomic E-state index is 5.38. The molecule has 0 N–H and O–H groups in total. The van der Waals surface area contributed by atoms with Crippen LogP contribution in [0.4, 0.5) is 0 Å². The summed E-state index contributed by atoms with van der Waals surface area (Å²) in [6.45, 7) is 0. The molecule has 0 aliphatic rings. The Hall–Kier alpha value is 0.0500. The average molecular weight is 155 g/mol. The number of aliphatic imine (C=N–C) groups is 1. The van der Waals surface area contributed by atoms with Gasteiger partial charge in [-0.3, -0.25) is 4.99 Å².